The summed E-state index contributed by atoms with van der Waals surface area (Å²) in [6.07, 6.45) is 3.66. The predicted octanol–water partition coefficient (Wildman–Crippen LogP) is 3.10. The van der Waals surface area contributed by atoms with Crippen LogP contribution in [0.15, 0.2) is 57.8 Å². The van der Waals surface area contributed by atoms with Crippen molar-refractivity contribution < 1.29 is 4.79 Å². The number of para-hydroxylation sites is 1. The van der Waals surface area contributed by atoms with Crippen molar-refractivity contribution in [1.29, 1.82) is 5.26 Å². The molecular weight excluding hydrogens is 474 g/mol. The molecule has 1 aliphatic heterocycles. The minimum absolute atomic E-state index is 0.0130. The van der Waals surface area contributed by atoms with Gasteiger partial charge in [0.1, 0.15) is 10.7 Å². The SMILES string of the molecule is Cc1ccccc1-n1c(=O)/c(=C\c2ccccc2Br)s/c1=C(/C#N)C(=O)N1CCCC1. The van der Waals surface area contributed by atoms with Gasteiger partial charge in [0.05, 0.1) is 10.2 Å². The Bertz CT molecular complexity index is 1370. The van der Waals surface area contributed by atoms with E-state index in [-0.39, 0.29) is 17.0 Å². The number of carbonyl (C=O) groups excluding carboxylic acids is 1. The van der Waals surface area contributed by atoms with Crippen LogP contribution in [0.5, 0.6) is 0 Å². The Morgan fingerprint density at radius 1 is 1.13 bits per heavy atom. The summed E-state index contributed by atoms with van der Waals surface area (Å²) in [6.45, 7) is 3.19. The maximum Gasteiger partial charge on any atom is 0.273 e. The molecule has 5 nitrogen and oxygen atoms in total. The zero-order valence-electron chi connectivity index (χ0n) is 17.0. The molecule has 1 fully saturated rings. The second-order valence-electron chi connectivity index (χ2n) is 7.35. The molecule has 1 saturated heterocycles. The summed E-state index contributed by atoms with van der Waals surface area (Å²) in [5.41, 5.74) is 2.19. The van der Waals surface area contributed by atoms with Gasteiger partial charge < -0.3 is 4.90 Å². The van der Waals surface area contributed by atoms with Gasteiger partial charge in [-0.25, -0.2) is 0 Å². The molecule has 4 rings (SSSR count). The highest BCUT2D eigenvalue weighted by atomic mass is 79.9. The minimum atomic E-state index is -0.309. The highest BCUT2D eigenvalue weighted by Crippen LogP contribution is 2.17. The highest BCUT2D eigenvalue weighted by molar-refractivity contribution is 9.10. The lowest BCUT2D eigenvalue weighted by molar-refractivity contribution is -0.123. The average Bonchev–Trinajstić information content (AvgIpc) is 3.40. The van der Waals surface area contributed by atoms with Gasteiger partial charge in [-0.05, 0) is 49.1 Å². The Morgan fingerprint density at radius 3 is 2.48 bits per heavy atom. The third-order valence-corrected chi connectivity index (χ3v) is 7.12. The zero-order valence-corrected chi connectivity index (χ0v) is 19.4. The first-order valence-corrected chi connectivity index (χ1v) is 11.6. The number of nitriles is 1. The molecule has 0 aliphatic carbocycles. The van der Waals surface area contributed by atoms with E-state index in [4.69, 9.17) is 0 Å². The van der Waals surface area contributed by atoms with Gasteiger partial charge in [-0.3, -0.25) is 14.2 Å². The molecule has 0 saturated carbocycles. The Morgan fingerprint density at radius 2 is 1.81 bits per heavy atom. The van der Waals surface area contributed by atoms with Crippen LogP contribution in [0.25, 0.3) is 17.3 Å². The number of amides is 1. The van der Waals surface area contributed by atoms with E-state index >= 15 is 0 Å². The van der Waals surface area contributed by atoms with Crippen LogP contribution in [0.1, 0.15) is 24.0 Å². The molecule has 1 aliphatic rings. The molecule has 0 N–H and O–H groups in total. The molecule has 156 valence electrons. The number of halogens is 1. The molecule has 0 atom stereocenters. The lowest BCUT2D eigenvalue weighted by atomic mass is 10.2. The van der Waals surface area contributed by atoms with Crippen molar-refractivity contribution in [3.8, 4) is 11.8 Å². The standard InChI is InChI=1S/C24H20BrN3O2S/c1-16-8-2-5-11-20(16)28-23(30)21(14-17-9-3-4-10-19(17)25)31-24(28)18(15-26)22(29)27-12-6-7-13-27/h2-5,8-11,14H,6-7,12-13H2,1H3/b21-14+,24-18-. The van der Waals surface area contributed by atoms with Crippen LogP contribution >= 0.6 is 27.3 Å². The molecule has 0 radical (unpaired) electrons. The number of rotatable bonds is 3. The van der Waals surface area contributed by atoms with Gasteiger partial charge in [0.2, 0.25) is 0 Å². The number of aromatic nitrogens is 1. The summed E-state index contributed by atoms with van der Waals surface area (Å²) in [4.78, 5) is 28.3. The number of carbonyl (C=O) groups is 1. The lowest BCUT2D eigenvalue weighted by Crippen LogP contribution is -2.35. The fraction of sp³-hybridized carbons (Fsp3) is 0.208. The minimum Gasteiger partial charge on any atom is -0.338 e. The normalized spacial score (nSPS) is 15.1. The zero-order chi connectivity index (χ0) is 22.0. The highest BCUT2D eigenvalue weighted by Gasteiger charge is 2.24. The number of likely N-dealkylation sites (tertiary alicyclic amines) is 1. The van der Waals surface area contributed by atoms with Crippen molar-refractivity contribution in [2.24, 2.45) is 0 Å². The second kappa shape index (κ2) is 9.04. The van der Waals surface area contributed by atoms with Crippen LogP contribution in [0.4, 0.5) is 0 Å². The van der Waals surface area contributed by atoms with Gasteiger partial charge in [-0.1, -0.05) is 52.3 Å². The molecule has 1 aromatic heterocycles. The summed E-state index contributed by atoms with van der Waals surface area (Å²) >= 11 is 4.70. The first-order valence-electron chi connectivity index (χ1n) is 9.99. The van der Waals surface area contributed by atoms with Crippen molar-refractivity contribution in [1.82, 2.24) is 9.47 Å². The number of aryl methyl sites for hydroxylation is 1. The molecule has 31 heavy (non-hydrogen) atoms. The third kappa shape index (κ3) is 4.14. The summed E-state index contributed by atoms with van der Waals surface area (Å²) in [7, 11) is 0. The van der Waals surface area contributed by atoms with E-state index in [9.17, 15) is 14.9 Å². The van der Waals surface area contributed by atoms with Gasteiger partial charge in [-0.2, -0.15) is 5.26 Å². The monoisotopic (exact) mass is 493 g/mol. The second-order valence-corrected chi connectivity index (χ2v) is 9.24. The maximum atomic E-state index is 13.5. The van der Waals surface area contributed by atoms with Crippen molar-refractivity contribution in [2.75, 3.05) is 13.1 Å². The smallest absolute Gasteiger partial charge is 0.273 e. The van der Waals surface area contributed by atoms with Crippen LogP contribution in [0, 0.1) is 18.3 Å². The fourth-order valence-electron chi connectivity index (χ4n) is 3.68. The topological polar surface area (TPSA) is 66.1 Å². The van der Waals surface area contributed by atoms with E-state index in [1.807, 2.05) is 55.5 Å². The van der Waals surface area contributed by atoms with Gasteiger partial charge in [-0.15, -0.1) is 11.3 Å². The number of hydrogen-bond acceptors (Lipinski definition) is 4. The largest absolute Gasteiger partial charge is 0.338 e. The quantitative estimate of drug-likeness (QED) is 0.562. The number of hydrogen-bond donors (Lipinski definition) is 0. The van der Waals surface area contributed by atoms with Crippen LogP contribution in [0.2, 0.25) is 0 Å². The van der Waals surface area contributed by atoms with Crippen molar-refractivity contribution in [3.63, 3.8) is 0 Å². The van der Waals surface area contributed by atoms with Gasteiger partial charge in [0, 0.05) is 17.6 Å². The van der Waals surface area contributed by atoms with Crippen LogP contribution in [-0.2, 0) is 4.79 Å². The molecule has 2 heterocycles. The maximum absolute atomic E-state index is 13.5. The van der Waals surface area contributed by atoms with E-state index in [2.05, 4.69) is 22.0 Å². The Hall–Kier alpha value is -2.95. The molecule has 7 heteroatoms. The van der Waals surface area contributed by atoms with E-state index in [0.717, 1.165) is 28.4 Å². The van der Waals surface area contributed by atoms with Crippen molar-refractivity contribution in [3.05, 3.63) is 83.7 Å². The summed E-state index contributed by atoms with van der Waals surface area (Å²) in [5.74, 6) is -0.309. The molecule has 1 amide bonds. The summed E-state index contributed by atoms with van der Waals surface area (Å²) < 4.78 is 3.21. The molecule has 0 spiro atoms. The van der Waals surface area contributed by atoms with E-state index < -0.39 is 0 Å². The molecule has 3 aromatic rings. The Labute approximate surface area is 192 Å². The molecule has 0 bridgehead atoms. The van der Waals surface area contributed by atoms with E-state index in [1.54, 1.807) is 11.0 Å². The Kier molecular flexibility index (Phi) is 6.21. The average molecular weight is 494 g/mol. The first kappa shape index (κ1) is 21.3. The van der Waals surface area contributed by atoms with Gasteiger partial charge >= 0.3 is 0 Å². The summed E-state index contributed by atoms with van der Waals surface area (Å²) in [6, 6.07) is 17.2. The van der Waals surface area contributed by atoms with Crippen molar-refractivity contribution >= 4 is 44.8 Å². The van der Waals surface area contributed by atoms with E-state index in [0.29, 0.717) is 28.0 Å². The van der Waals surface area contributed by atoms with Crippen molar-refractivity contribution in [2.45, 2.75) is 19.8 Å². The predicted molar refractivity (Wildman–Crippen MR) is 126 cm³/mol. The van der Waals surface area contributed by atoms with Crippen LogP contribution in [0.3, 0.4) is 0 Å². The number of thiazole rings is 1. The van der Waals surface area contributed by atoms with E-state index in [1.165, 1.54) is 15.9 Å². The van der Waals surface area contributed by atoms with Gasteiger partial charge in [0.25, 0.3) is 11.5 Å². The first-order chi connectivity index (χ1) is 15.0. The number of nitrogens with zero attached hydrogens (tertiary/aromatic N) is 3. The van der Waals surface area contributed by atoms with Crippen LogP contribution < -0.4 is 14.8 Å². The molecule has 2 aromatic carbocycles. The van der Waals surface area contributed by atoms with Crippen LogP contribution in [-0.4, -0.2) is 28.5 Å². The van der Waals surface area contributed by atoms with Gasteiger partial charge in [0.15, 0.2) is 5.57 Å². The lowest BCUT2D eigenvalue weighted by Gasteiger charge is -2.14. The number of benzene rings is 2. The fourth-order valence-corrected chi connectivity index (χ4v) is 5.16. The third-order valence-electron chi connectivity index (χ3n) is 5.30. The molecule has 0 unspecified atom stereocenters. The summed E-state index contributed by atoms with van der Waals surface area (Å²) in [5, 5.41) is 9.92. The molecular formula is C24H20BrN3O2S. The Balaban J connectivity index is 2.06.